The van der Waals surface area contributed by atoms with Crippen LogP contribution in [0.5, 0.6) is 0 Å². The third-order valence-corrected chi connectivity index (χ3v) is 4.58. The molecule has 3 saturated carbocycles. The molecule has 1 N–H and O–H groups in total. The molecule has 3 aliphatic rings. The summed E-state index contributed by atoms with van der Waals surface area (Å²) in [4.78, 5) is 10.9. The monoisotopic (exact) mass is 292 g/mol. The minimum Gasteiger partial charge on any atom is -0.481 e. The Balaban J connectivity index is 1.92. The first-order valence-electron chi connectivity index (χ1n) is 5.86. The Morgan fingerprint density at radius 2 is 1.60 bits per heavy atom. The van der Waals surface area contributed by atoms with E-state index >= 15 is 0 Å². The van der Waals surface area contributed by atoms with E-state index in [9.17, 15) is 26.7 Å². The molecule has 0 atom stereocenters. The lowest BCUT2D eigenvalue weighted by Gasteiger charge is -2.73. The molecule has 0 aromatic heterocycles. The first-order chi connectivity index (χ1) is 9.07. The highest BCUT2D eigenvalue weighted by Crippen LogP contribution is 2.81. The molecule has 7 heteroatoms. The van der Waals surface area contributed by atoms with Gasteiger partial charge in [0.1, 0.15) is 5.41 Å². The number of benzene rings is 1. The minimum atomic E-state index is -4.53. The van der Waals surface area contributed by atoms with Crippen LogP contribution in [0, 0.1) is 5.41 Å². The number of rotatable bonds is 2. The van der Waals surface area contributed by atoms with Crippen LogP contribution in [-0.2, 0) is 16.4 Å². The molecule has 0 radical (unpaired) electrons. The molecule has 0 heterocycles. The average molecular weight is 292 g/mol. The summed E-state index contributed by atoms with van der Waals surface area (Å²) in [6.07, 6.45) is -4.98. The molecule has 1 aromatic carbocycles. The van der Waals surface area contributed by atoms with Crippen molar-refractivity contribution in [3.8, 4) is 0 Å². The van der Waals surface area contributed by atoms with Gasteiger partial charge in [0, 0.05) is 0 Å². The molecule has 3 aliphatic carbocycles. The highest BCUT2D eigenvalue weighted by molar-refractivity contribution is 5.83. The van der Waals surface area contributed by atoms with Gasteiger partial charge in [-0.3, -0.25) is 4.79 Å². The zero-order chi connectivity index (χ0) is 15.0. The molecule has 4 rings (SSSR count). The molecule has 2 nitrogen and oxygen atoms in total. The second-order valence-corrected chi connectivity index (χ2v) is 5.47. The normalized spacial score (nSPS) is 34.0. The Hall–Kier alpha value is -1.66. The van der Waals surface area contributed by atoms with E-state index in [1.165, 1.54) is 0 Å². The van der Waals surface area contributed by atoms with Crippen LogP contribution in [0.2, 0.25) is 0 Å². The summed E-state index contributed by atoms with van der Waals surface area (Å²) in [6, 6.07) is 3.53. The van der Waals surface area contributed by atoms with Gasteiger partial charge in [0.05, 0.1) is 11.0 Å². The quantitative estimate of drug-likeness (QED) is 0.848. The third kappa shape index (κ3) is 1.21. The predicted molar refractivity (Wildman–Crippen MR) is 57.4 cm³/mol. The topological polar surface area (TPSA) is 37.3 Å². The van der Waals surface area contributed by atoms with E-state index in [0.717, 1.165) is 24.3 Å². The molecule has 0 aliphatic heterocycles. The highest BCUT2D eigenvalue weighted by Gasteiger charge is 2.91. The number of carbonyl (C=O) groups is 1. The van der Waals surface area contributed by atoms with Gasteiger partial charge in [-0.05, 0) is 30.5 Å². The lowest BCUT2D eigenvalue weighted by Crippen LogP contribution is -2.83. The van der Waals surface area contributed by atoms with Crippen LogP contribution in [0.3, 0.4) is 0 Å². The molecule has 0 amide bonds. The van der Waals surface area contributed by atoms with Crippen LogP contribution in [0.25, 0.3) is 0 Å². The maximum Gasteiger partial charge on any atom is 0.416 e. The Kier molecular flexibility index (Phi) is 2.21. The molecule has 0 unspecified atom stereocenters. The Labute approximate surface area is 110 Å². The summed E-state index contributed by atoms with van der Waals surface area (Å²) in [5.74, 6) is -4.96. The zero-order valence-corrected chi connectivity index (χ0v) is 9.97. The molecule has 20 heavy (non-hydrogen) atoms. The van der Waals surface area contributed by atoms with Gasteiger partial charge in [0.25, 0.3) is 5.92 Å². The van der Waals surface area contributed by atoms with Crippen molar-refractivity contribution in [2.45, 2.75) is 30.4 Å². The van der Waals surface area contributed by atoms with Crippen molar-refractivity contribution in [3.63, 3.8) is 0 Å². The van der Waals surface area contributed by atoms with Crippen LogP contribution in [0.15, 0.2) is 24.3 Å². The number of carboxylic acid groups (broad SMARTS) is 1. The van der Waals surface area contributed by atoms with Crippen molar-refractivity contribution >= 4 is 5.97 Å². The summed E-state index contributed by atoms with van der Waals surface area (Å²) in [6.45, 7) is 0. The first kappa shape index (κ1) is 13.3. The van der Waals surface area contributed by atoms with Crippen molar-refractivity contribution in [1.82, 2.24) is 0 Å². The number of halogens is 5. The van der Waals surface area contributed by atoms with Crippen molar-refractivity contribution < 1.29 is 31.9 Å². The van der Waals surface area contributed by atoms with Crippen molar-refractivity contribution in [1.29, 1.82) is 0 Å². The summed E-state index contributed by atoms with van der Waals surface area (Å²) >= 11 is 0. The second-order valence-electron chi connectivity index (χ2n) is 5.47. The van der Waals surface area contributed by atoms with Crippen LogP contribution >= 0.6 is 0 Å². The van der Waals surface area contributed by atoms with E-state index in [1.54, 1.807) is 0 Å². The van der Waals surface area contributed by atoms with E-state index in [2.05, 4.69) is 0 Å². The van der Waals surface area contributed by atoms with Crippen LogP contribution < -0.4 is 0 Å². The van der Waals surface area contributed by atoms with Gasteiger partial charge >= 0.3 is 12.1 Å². The molecule has 0 spiro atoms. The summed E-state index contributed by atoms with van der Waals surface area (Å²) in [5.41, 5.74) is -4.49. The first-order valence-corrected chi connectivity index (χ1v) is 5.86. The van der Waals surface area contributed by atoms with E-state index in [4.69, 9.17) is 5.11 Å². The smallest absolute Gasteiger partial charge is 0.416 e. The van der Waals surface area contributed by atoms with E-state index in [0.29, 0.717) is 0 Å². The summed E-state index contributed by atoms with van der Waals surface area (Å²) in [7, 11) is 0. The van der Waals surface area contributed by atoms with Gasteiger partial charge in [0.2, 0.25) is 0 Å². The van der Waals surface area contributed by atoms with Gasteiger partial charge in [-0.2, -0.15) is 13.2 Å². The van der Waals surface area contributed by atoms with Crippen molar-refractivity contribution in [2.75, 3.05) is 0 Å². The van der Waals surface area contributed by atoms with Crippen LogP contribution in [0.4, 0.5) is 22.0 Å². The molecule has 0 saturated heterocycles. The van der Waals surface area contributed by atoms with Crippen molar-refractivity contribution in [2.24, 2.45) is 5.41 Å². The number of hydrogen-bond acceptors (Lipinski definition) is 1. The molecular weight excluding hydrogens is 283 g/mol. The Morgan fingerprint density at radius 1 is 1.10 bits per heavy atom. The Bertz CT molecular complexity index is 582. The zero-order valence-electron chi connectivity index (χ0n) is 9.97. The molecular formula is C13H9F5O2. The van der Waals surface area contributed by atoms with Gasteiger partial charge in [-0.1, -0.05) is 12.1 Å². The highest BCUT2D eigenvalue weighted by atomic mass is 19.4. The average Bonchev–Trinajstić information content (AvgIpc) is 2.26. The number of carboxylic acids is 1. The van der Waals surface area contributed by atoms with E-state index < -0.39 is 34.5 Å². The van der Waals surface area contributed by atoms with Gasteiger partial charge in [-0.25, -0.2) is 8.78 Å². The fraction of sp³-hybridized carbons (Fsp3) is 0.462. The lowest BCUT2D eigenvalue weighted by molar-refractivity contribution is -0.357. The fourth-order valence-electron chi connectivity index (χ4n) is 3.32. The van der Waals surface area contributed by atoms with E-state index in [1.807, 2.05) is 0 Å². The largest absolute Gasteiger partial charge is 0.481 e. The minimum absolute atomic E-state index is 0.0682. The molecule has 2 bridgehead atoms. The summed E-state index contributed by atoms with van der Waals surface area (Å²) in [5, 5.41) is 8.85. The predicted octanol–water partition coefficient (Wildman–Crippen LogP) is 3.46. The molecule has 108 valence electrons. The van der Waals surface area contributed by atoms with E-state index in [-0.39, 0.29) is 18.4 Å². The number of alkyl halides is 5. The fourth-order valence-corrected chi connectivity index (χ4v) is 3.32. The standard InChI is InChI=1S/C13H9F5O2/c14-12(15,16)8-3-1-7(2-4-8)10-5-11(6-10,9(19)20)13(10,17)18/h1-4H,5-6H2,(H,19,20). The molecule has 3 fully saturated rings. The SMILES string of the molecule is O=C(O)C12CC(c3ccc(C(F)(F)F)cc3)(C1)C2(F)F. The van der Waals surface area contributed by atoms with Crippen LogP contribution in [-0.4, -0.2) is 17.0 Å². The number of hydrogen-bond donors (Lipinski definition) is 1. The maximum atomic E-state index is 14.0. The van der Waals surface area contributed by atoms with Gasteiger partial charge in [0.15, 0.2) is 0 Å². The molecule has 1 aromatic rings. The number of aliphatic carboxylic acids is 1. The lowest BCUT2D eigenvalue weighted by atomic mass is 9.30. The second kappa shape index (κ2) is 3.32. The van der Waals surface area contributed by atoms with Crippen molar-refractivity contribution in [3.05, 3.63) is 35.4 Å². The van der Waals surface area contributed by atoms with Gasteiger partial charge < -0.3 is 5.11 Å². The Morgan fingerprint density at radius 3 is 1.95 bits per heavy atom. The maximum absolute atomic E-state index is 14.0. The summed E-state index contributed by atoms with van der Waals surface area (Å²) < 4.78 is 65.2. The van der Waals surface area contributed by atoms with Crippen LogP contribution in [0.1, 0.15) is 24.0 Å². The third-order valence-electron chi connectivity index (χ3n) is 4.58. The van der Waals surface area contributed by atoms with Gasteiger partial charge in [-0.15, -0.1) is 0 Å².